The lowest BCUT2D eigenvalue weighted by atomic mass is 10.2. The summed E-state index contributed by atoms with van der Waals surface area (Å²) in [5.41, 5.74) is 1.83. The molecule has 0 unspecified atom stereocenters. The van der Waals surface area contributed by atoms with Gasteiger partial charge in [0.2, 0.25) is 5.95 Å². The Hall–Kier alpha value is -3.53. The summed E-state index contributed by atoms with van der Waals surface area (Å²) < 4.78 is 45.3. The first-order chi connectivity index (χ1) is 15.7. The molecule has 2 aromatic carbocycles. The molecule has 0 amide bonds. The first-order valence-electron chi connectivity index (χ1n) is 10.0. The maximum Gasteiger partial charge on any atom is 0.422 e. The lowest BCUT2D eigenvalue weighted by molar-refractivity contribution is -0.153. The number of rotatable bonds is 7. The molecule has 0 atom stereocenters. The molecule has 4 aromatic rings. The van der Waals surface area contributed by atoms with Gasteiger partial charge in [-0.1, -0.05) is 23.7 Å². The van der Waals surface area contributed by atoms with E-state index in [1.54, 1.807) is 39.7 Å². The maximum atomic E-state index is 12.7. The van der Waals surface area contributed by atoms with Crippen molar-refractivity contribution >= 4 is 34.4 Å². The Morgan fingerprint density at radius 3 is 2.42 bits per heavy atom. The van der Waals surface area contributed by atoms with Crippen molar-refractivity contribution in [1.29, 1.82) is 0 Å². The van der Waals surface area contributed by atoms with Gasteiger partial charge in [-0.3, -0.25) is 9.36 Å². The molecule has 0 saturated carbocycles. The minimum absolute atomic E-state index is 0.0709. The van der Waals surface area contributed by atoms with Crippen LogP contribution in [0.25, 0.3) is 11.2 Å². The van der Waals surface area contributed by atoms with Gasteiger partial charge in [-0.25, -0.2) is 4.98 Å². The third-order valence-electron chi connectivity index (χ3n) is 4.85. The SMILES string of the molecule is CCn1cnc2c1c(=O)nc(Nc1ccc(OCC(F)(F)F)cc1)n2Cc1ccc(Cl)cc1. The van der Waals surface area contributed by atoms with Crippen LogP contribution in [0.3, 0.4) is 0 Å². The molecule has 4 rings (SSSR count). The van der Waals surface area contributed by atoms with Crippen LogP contribution < -0.4 is 15.6 Å². The van der Waals surface area contributed by atoms with Gasteiger partial charge >= 0.3 is 11.7 Å². The van der Waals surface area contributed by atoms with E-state index in [2.05, 4.69) is 15.3 Å². The number of ether oxygens (including phenoxy) is 1. The lowest BCUT2D eigenvalue weighted by Crippen LogP contribution is -2.20. The second-order valence-corrected chi connectivity index (χ2v) is 7.65. The third kappa shape index (κ3) is 5.28. The predicted octanol–water partition coefficient (Wildman–Crippen LogP) is 5.00. The number of anilines is 2. The number of imidazole rings is 1. The molecule has 0 bridgehead atoms. The first-order valence-corrected chi connectivity index (χ1v) is 10.4. The Labute approximate surface area is 191 Å². The van der Waals surface area contributed by atoms with E-state index in [1.807, 2.05) is 19.1 Å². The molecule has 33 heavy (non-hydrogen) atoms. The molecule has 0 saturated heterocycles. The fraction of sp³-hybridized carbons (Fsp3) is 0.227. The number of aryl methyl sites for hydroxylation is 1. The van der Waals surface area contributed by atoms with Crippen molar-refractivity contribution in [3.63, 3.8) is 0 Å². The van der Waals surface area contributed by atoms with E-state index in [9.17, 15) is 18.0 Å². The summed E-state index contributed by atoms with van der Waals surface area (Å²) in [6, 6.07) is 13.1. The third-order valence-corrected chi connectivity index (χ3v) is 5.10. The Morgan fingerprint density at radius 1 is 1.09 bits per heavy atom. The topological polar surface area (TPSA) is 74.0 Å². The van der Waals surface area contributed by atoms with Crippen LogP contribution >= 0.6 is 11.6 Å². The predicted molar refractivity (Wildman–Crippen MR) is 119 cm³/mol. The summed E-state index contributed by atoms with van der Waals surface area (Å²) in [6.45, 7) is 1.44. The normalized spacial score (nSPS) is 11.7. The molecule has 0 spiro atoms. The zero-order valence-corrected chi connectivity index (χ0v) is 18.2. The highest BCUT2D eigenvalue weighted by atomic mass is 35.5. The van der Waals surface area contributed by atoms with Gasteiger partial charge in [0.25, 0.3) is 0 Å². The number of nitrogens with zero attached hydrogens (tertiary/aromatic N) is 4. The molecule has 11 heteroatoms. The van der Waals surface area contributed by atoms with Crippen LogP contribution in [0.1, 0.15) is 12.5 Å². The van der Waals surface area contributed by atoms with Crippen LogP contribution in [0.2, 0.25) is 5.02 Å². The molecular weight excluding hydrogens is 459 g/mol. The van der Waals surface area contributed by atoms with E-state index in [4.69, 9.17) is 16.3 Å². The van der Waals surface area contributed by atoms with Crippen LogP contribution in [-0.4, -0.2) is 31.9 Å². The molecule has 2 aromatic heterocycles. The minimum atomic E-state index is -4.42. The van der Waals surface area contributed by atoms with Crippen LogP contribution in [0.5, 0.6) is 5.75 Å². The van der Waals surface area contributed by atoms with Crippen molar-refractivity contribution < 1.29 is 17.9 Å². The average Bonchev–Trinajstić information content (AvgIpc) is 3.21. The average molecular weight is 478 g/mol. The molecule has 0 aliphatic rings. The van der Waals surface area contributed by atoms with Crippen LogP contribution in [0.4, 0.5) is 24.8 Å². The van der Waals surface area contributed by atoms with Crippen LogP contribution in [0.15, 0.2) is 59.7 Å². The van der Waals surface area contributed by atoms with Crippen molar-refractivity contribution in [2.75, 3.05) is 11.9 Å². The molecule has 7 nitrogen and oxygen atoms in total. The van der Waals surface area contributed by atoms with Crippen molar-refractivity contribution in [3.05, 3.63) is 75.8 Å². The Morgan fingerprint density at radius 2 is 1.79 bits per heavy atom. The van der Waals surface area contributed by atoms with E-state index in [0.29, 0.717) is 35.0 Å². The van der Waals surface area contributed by atoms with Crippen molar-refractivity contribution in [2.45, 2.75) is 26.2 Å². The van der Waals surface area contributed by atoms with E-state index in [-0.39, 0.29) is 11.7 Å². The maximum absolute atomic E-state index is 12.7. The molecule has 1 N–H and O–H groups in total. The number of aromatic nitrogens is 4. The van der Waals surface area contributed by atoms with E-state index >= 15 is 0 Å². The number of hydrogen-bond donors (Lipinski definition) is 1. The zero-order valence-electron chi connectivity index (χ0n) is 17.4. The largest absolute Gasteiger partial charge is 0.484 e. The van der Waals surface area contributed by atoms with Gasteiger partial charge in [0.05, 0.1) is 12.9 Å². The van der Waals surface area contributed by atoms with E-state index in [1.165, 1.54) is 12.1 Å². The van der Waals surface area contributed by atoms with E-state index in [0.717, 1.165) is 5.56 Å². The Bertz CT molecular complexity index is 1320. The fourth-order valence-corrected chi connectivity index (χ4v) is 3.41. The van der Waals surface area contributed by atoms with Gasteiger partial charge in [0, 0.05) is 17.3 Å². The van der Waals surface area contributed by atoms with Gasteiger partial charge in [-0.2, -0.15) is 18.2 Å². The van der Waals surface area contributed by atoms with Gasteiger partial charge in [-0.15, -0.1) is 0 Å². The smallest absolute Gasteiger partial charge is 0.422 e. The minimum Gasteiger partial charge on any atom is -0.484 e. The number of halogens is 4. The van der Waals surface area contributed by atoms with Crippen molar-refractivity contribution in [1.82, 2.24) is 19.1 Å². The van der Waals surface area contributed by atoms with Gasteiger partial charge in [0.15, 0.2) is 17.8 Å². The second kappa shape index (κ2) is 9.14. The summed E-state index contributed by atoms with van der Waals surface area (Å²) in [5.74, 6) is 0.314. The molecule has 0 aliphatic heterocycles. The second-order valence-electron chi connectivity index (χ2n) is 7.21. The fourth-order valence-electron chi connectivity index (χ4n) is 3.28. The molecule has 172 valence electrons. The number of benzene rings is 2. The molecular formula is C22H19ClF3N5O2. The number of fused-ring (bicyclic) bond motifs is 1. The summed E-state index contributed by atoms with van der Waals surface area (Å²) in [6.07, 6.45) is -2.83. The lowest BCUT2D eigenvalue weighted by Gasteiger charge is -2.16. The van der Waals surface area contributed by atoms with E-state index < -0.39 is 18.3 Å². The Kier molecular flexibility index (Phi) is 6.28. The van der Waals surface area contributed by atoms with Gasteiger partial charge in [0.1, 0.15) is 5.75 Å². The molecule has 0 radical (unpaired) electrons. The highest BCUT2D eigenvalue weighted by Crippen LogP contribution is 2.24. The van der Waals surface area contributed by atoms with Gasteiger partial charge < -0.3 is 14.6 Å². The van der Waals surface area contributed by atoms with Crippen LogP contribution in [-0.2, 0) is 13.1 Å². The standard InChI is InChI=1S/C22H19ClF3N5O2/c1-2-30-13-27-19-18(30)20(32)29-21(31(19)11-14-3-5-15(23)6-4-14)28-16-7-9-17(10-8-16)33-12-22(24,25)26/h3-10,13H,2,11-12H2,1H3,(H,28,29,32). The highest BCUT2D eigenvalue weighted by Gasteiger charge is 2.28. The quantitative estimate of drug-likeness (QED) is 0.405. The Balaban J connectivity index is 1.69. The number of alkyl halides is 3. The van der Waals surface area contributed by atoms with Crippen molar-refractivity contribution in [2.24, 2.45) is 0 Å². The summed E-state index contributed by atoms with van der Waals surface area (Å²) in [7, 11) is 0. The van der Waals surface area contributed by atoms with Gasteiger partial charge in [-0.05, 0) is 48.9 Å². The van der Waals surface area contributed by atoms with Crippen LogP contribution in [0, 0.1) is 0 Å². The highest BCUT2D eigenvalue weighted by molar-refractivity contribution is 6.30. The molecule has 0 fully saturated rings. The van der Waals surface area contributed by atoms with Crippen molar-refractivity contribution in [3.8, 4) is 5.75 Å². The molecule has 2 heterocycles. The molecule has 0 aliphatic carbocycles. The monoisotopic (exact) mass is 477 g/mol. The zero-order chi connectivity index (χ0) is 23.6. The first kappa shape index (κ1) is 22.7. The number of hydrogen-bond acceptors (Lipinski definition) is 5. The number of nitrogens with one attached hydrogen (secondary N) is 1. The summed E-state index contributed by atoms with van der Waals surface area (Å²) in [4.78, 5) is 21.4. The summed E-state index contributed by atoms with van der Waals surface area (Å²) >= 11 is 5.99. The summed E-state index contributed by atoms with van der Waals surface area (Å²) in [5, 5.41) is 3.66.